The first-order valence-electron chi connectivity index (χ1n) is 10.2. The minimum absolute atomic E-state index is 0.129. The number of rotatable bonds is 5. The van der Waals surface area contributed by atoms with Crippen LogP contribution in [0.5, 0.6) is 0 Å². The van der Waals surface area contributed by atoms with Crippen LogP contribution in [0.2, 0.25) is 0 Å². The van der Waals surface area contributed by atoms with E-state index in [1.807, 2.05) is 80.8 Å². The van der Waals surface area contributed by atoms with Gasteiger partial charge in [-0.3, -0.25) is 4.79 Å². The largest absolute Gasteiger partial charge is 0.378 e. The molecule has 0 bridgehead atoms. The quantitative estimate of drug-likeness (QED) is 0.432. The Morgan fingerprint density at radius 2 is 1.77 bits per heavy atom. The van der Waals surface area contributed by atoms with Crippen molar-refractivity contribution >= 4 is 39.3 Å². The first-order chi connectivity index (χ1) is 15.0. The van der Waals surface area contributed by atoms with Gasteiger partial charge in [0.2, 0.25) is 0 Å². The molecule has 1 heterocycles. The van der Waals surface area contributed by atoms with E-state index in [1.54, 1.807) is 11.1 Å². The number of carbonyl (C=O) groups is 1. The zero-order valence-electron chi connectivity index (χ0n) is 17.6. The number of hydrogen-bond donors (Lipinski definition) is 0. The monoisotopic (exact) mass is 473 g/mol. The summed E-state index contributed by atoms with van der Waals surface area (Å²) in [5.74, 6) is -0.129. The molecule has 0 saturated heterocycles. The first-order valence-corrected chi connectivity index (χ1v) is 11.0. The molecule has 0 spiro atoms. The second kappa shape index (κ2) is 9.31. The number of carbonyl (C=O) groups excluding carboxylic acids is 1. The lowest BCUT2D eigenvalue weighted by molar-refractivity contribution is -0.127. The Kier molecular flexibility index (Phi) is 6.33. The number of nitrogens with zero attached hydrogens (tertiary/aromatic N) is 3. The second-order valence-electron chi connectivity index (χ2n) is 7.69. The van der Waals surface area contributed by atoms with Crippen molar-refractivity contribution in [2.75, 3.05) is 19.0 Å². The van der Waals surface area contributed by atoms with Crippen molar-refractivity contribution in [3.63, 3.8) is 0 Å². The lowest BCUT2D eigenvalue weighted by Gasteiger charge is -2.20. The van der Waals surface area contributed by atoms with Gasteiger partial charge in [-0.25, -0.2) is 5.01 Å². The molecule has 0 aromatic heterocycles. The topological polar surface area (TPSA) is 35.9 Å². The third-order valence-corrected chi connectivity index (χ3v) is 5.83. The van der Waals surface area contributed by atoms with Crippen LogP contribution in [0.4, 0.5) is 5.69 Å². The van der Waals surface area contributed by atoms with Crippen molar-refractivity contribution in [1.82, 2.24) is 5.01 Å². The molecule has 156 valence electrons. The van der Waals surface area contributed by atoms with E-state index >= 15 is 0 Å². The molecule has 31 heavy (non-hydrogen) atoms. The van der Waals surface area contributed by atoms with E-state index < -0.39 is 0 Å². The lowest BCUT2D eigenvalue weighted by Crippen LogP contribution is -2.25. The number of halogens is 1. The van der Waals surface area contributed by atoms with Gasteiger partial charge in [0.05, 0.1) is 11.8 Å². The average molecular weight is 474 g/mol. The Morgan fingerprint density at radius 3 is 2.48 bits per heavy atom. The molecule has 4 nitrogen and oxygen atoms in total. The standard InChI is InChI=1S/C26H24BrN3O/c1-29(2)23-10-6-9-21(17-23)24-18-25(20-12-14-22(27)15-13-20)30(28-24)26(31)16-11-19-7-4-3-5-8-19/h3-17,25H,18H2,1-2H3/b16-11+. The van der Waals surface area contributed by atoms with Gasteiger partial charge in [0.1, 0.15) is 0 Å². The van der Waals surface area contributed by atoms with E-state index in [0.29, 0.717) is 6.42 Å². The summed E-state index contributed by atoms with van der Waals surface area (Å²) in [4.78, 5) is 15.2. The third kappa shape index (κ3) is 4.94. The summed E-state index contributed by atoms with van der Waals surface area (Å²) in [5.41, 5.74) is 5.10. The number of anilines is 1. The van der Waals surface area contributed by atoms with E-state index in [1.165, 1.54) is 0 Å². The molecule has 0 N–H and O–H groups in total. The lowest BCUT2D eigenvalue weighted by atomic mass is 9.98. The highest BCUT2D eigenvalue weighted by Crippen LogP contribution is 2.34. The highest BCUT2D eigenvalue weighted by Gasteiger charge is 2.32. The number of amides is 1. The maximum atomic E-state index is 13.1. The number of benzene rings is 3. The highest BCUT2D eigenvalue weighted by atomic mass is 79.9. The van der Waals surface area contributed by atoms with Gasteiger partial charge < -0.3 is 4.90 Å². The molecule has 1 atom stereocenters. The van der Waals surface area contributed by atoms with Crippen molar-refractivity contribution in [2.24, 2.45) is 5.10 Å². The van der Waals surface area contributed by atoms with Gasteiger partial charge in [-0.1, -0.05) is 70.5 Å². The molecule has 3 aromatic carbocycles. The summed E-state index contributed by atoms with van der Waals surface area (Å²) in [6.07, 6.45) is 4.11. The van der Waals surface area contributed by atoms with Crippen molar-refractivity contribution < 1.29 is 4.79 Å². The molecular weight excluding hydrogens is 450 g/mol. The van der Waals surface area contributed by atoms with E-state index in [2.05, 4.69) is 39.0 Å². The van der Waals surface area contributed by atoms with Gasteiger partial charge in [0.15, 0.2) is 0 Å². The molecule has 0 aliphatic carbocycles. The minimum Gasteiger partial charge on any atom is -0.378 e. The van der Waals surface area contributed by atoms with E-state index in [0.717, 1.165) is 32.6 Å². The average Bonchev–Trinajstić information content (AvgIpc) is 3.24. The van der Waals surface area contributed by atoms with Crippen LogP contribution in [0.1, 0.15) is 29.2 Å². The smallest absolute Gasteiger partial charge is 0.267 e. The summed E-state index contributed by atoms with van der Waals surface area (Å²) < 4.78 is 1.01. The predicted octanol–water partition coefficient (Wildman–Crippen LogP) is 5.91. The summed E-state index contributed by atoms with van der Waals surface area (Å²) in [7, 11) is 4.04. The molecule has 0 fully saturated rings. The van der Waals surface area contributed by atoms with Crippen molar-refractivity contribution in [3.05, 3.63) is 106 Å². The molecule has 1 aliphatic heterocycles. The molecule has 0 radical (unpaired) electrons. The maximum Gasteiger partial charge on any atom is 0.267 e. The minimum atomic E-state index is -0.140. The van der Waals surface area contributed by atoms with Crippen LogP contribution in [0.25, 0.3) is 6.08 Å². The summed E-state index contributed by atoms with van der Waals surface area (Å²) in [6, 6.07) is 26.0. The van der Waals surface area contributed by atoms with Crippen LogP contribution < -0.4 is 4.90 Å². The molecule has 5 heteroatoms. The zero-order valence-corrected chi connectivity index (χ0v) is 19.2. The normalized spacial score (nSPS) is 15.9. The van der Waals surface area contributed by atoms with Crippen LogP contribution in [-0.4, -0.2) is 30.7 Å². The first kappa shape index (κ1) is 21.1. The van der Waals surface area contributed by atoms with Crippen molar-refractivity contribution in [2.45, 2.75) is 12.5 Å². The maximum absolute atomic E-state index is 13.1. The van der Waals surface area contributed by atoms with Crippen LogP contribution >= 0.6 is 15.9 Å². The Bertz CT molecular complexity index is 1120. The molecule has 0 saturated carbocycles. The molecule has 1 unspecified atom stereocenters. The van der Waals surface area contributed by atoms with E-state index in [4.69, 9.17) is 5.10 Å². The van der Waals surface area contributed by atoms with Gasteiger partial charge in [0, 0.05) is 36.8 Å². The number of hydrogen-bond acceptors (Lipinski definition) is 3. The third-order valence-electron chi connectivity index (χ3n) is 5.30. The Morgan fingerprint density at radius 1 is 1.03 bits per heavy atom. The summed E-state index contributed by atoms with van der Waals surface area (Å²) >= 11 is 3.49. The van der Waals surface area contributed by atoms with Gasteiger partial charge in [0.25, 0.3) is 5.91 Å². The van der Waals surface area contributed by atoms with Crippen LogP contribution in [0.3, 0.4) is 0 Å². The second-order valence-corrected chi connectivity index (χ2v) is 8.61. The van der Waals surface area contributed by atoms with E-state index in [-0.39, 0.29) is 11.9 Å². The molecular formula is C26H24BrN3O. The fraction of sp³-hybridized carbons (Fsp3) is 0.154. The fourth-order valence-corrected chi connectivity index (χ4v) is 3.87. The Hall–Kier alpha value is -3.18. The zero-order chi connectivity index (χ0) is 21.8. The Balaban J connectivity index is 1.66. The fourth-order valence-electron chi connectivity index (χ4n) is 3.60. The van der Waals surface area contributed by atoms with Crippen LogP contribution in [-0.2, 0) is 4.79 Å². The summed E-state index contributed by atoms with van der Waals surface area (Å²) in [5, 5.41) is 6.38. The van der Waals surface area contributed by atoms with Crippen LogP contribution in [0.15, 0.2) is 94.5 Å². The number of hydrazone groups is 1. The molecule has 4 rings (SSSR count). The SMILES string of the molecule is CN(C)c1cccc(C2=NN(C(=O)/C=C/c3ccccc3)C(c3ccc(Br)cc3)C2)c1. The molecule has 3 aromatic rings. The van der Waals surface area contributed by atoms with Gasteiger partial charge >= 0.3 is 0 Å². The van der Waals surface area contributed by atoms with Gasteiger partial charge in [-0.2, -0.15) is 5.10 Å². The van der Waals surface area contributed by atoms with Crippen molar-refractivity contribution in [1.29, 1.82) is 0 Å². The highest BCUT2D eigenvalue weighted by molar-refractivity contribution is 9.10. The summed E-state index contributed by atoms with van der Waals surface area (Å²) in [6.45, 7) is 0. The Labute approximate surface area is 191 Å². The molecule has 1 amide bonds. The predicted molar refractivity (Wildman–Crippen MR) is 131 cm³/mol. The van der Waals surface area contributed by atoms with E-state index in [9.17, 15) is 4.79 Å². The van der Waals surface area contributed by atoms with Gasteiger partial charge in [-0.15, -0.1) is 0 Å². The van der Waals surface area contributed by atoms with Crippen molar-refractivity contribution in [3.8, 4) is 0 Å². The molecule has 1 aliphatic rings. The van der Waals surface area contributed by atoms with Gasteiger partial charge in [-0.05, 0) is 47.0 Å². The van der Waals surface area contributed by atoms with Crippen LogP contribution in [0, 0.1) is 0 Å².